The van der Waals surface area contributed by atoms with Crippen molar-refractivity contribution in [3.05, 3.63) is 24.0 Å². The third-order valence-electron chi connectivity index (χ3n) is 1.35. The van der Waals surface area contributed by atoms with Crippen molar-refractivity contribution in [1.29, 1.82) is 0 Å². The Morgan fingerprint density at radius 3 is 2.30 bits per heavy atom. The summed E-state index contributed by atoms with van der Waals surface area (Å²) in [5, 5.41) is 0. The fourth-order valence-corrected chi connectivity index (χ4v) is 0.822. The predicted molar refractivity (Wildman–Crippen MR) is 44.8 cm³/mol. The standard InChI is InChI=1S/C7H10O.C2H6/c1-3-7-4-5-8-6(7)2;1-2/h3H,2,4-5H2,1H3;1-2H3/b7-3+;. The number of hydrogen-bond acceptors (Lipinski definition) is 1. The van der Waals surface area contributed by atoms with Crippen LogP contribution in [-0.4, -0.2) is 6.61 Å². The molecule has 1 aliphatic heterocycles. The number of rotatable bonds is 0. The summed E-state index contributed by atoms with van der Waals surface area (Å²) in [5.74, 6) is 0.854. The van der Waals surface area contributed by atoms with Gasteiger partial charge < -0.3 is 4.74 Å². The summed E-state index contributed by atoms with van der Waals surface area (Å²) in [6.45, 7) is 10.5. The first-order valence-corrected chi connectivity index (χ1v) is 3.82. The largest absolute Gasteiger partial charge is 0.494 e. The molecule has 0 aromatic carbocycles. The Balaban J connectivity index is 0.000000371. The van der Waals surface area contributed by atoms with Gasteiger partial charge in [0.15, 0.2) is 0 Å². The maximum Gasteiger partial charge on any atom is 0.115 e. The summed E-state index contributed by atoms with van der Waals surface area (Å²) in [6.07, 6.45) is 3.09. The molecule has 1 nitrogen and oxygen atoms in total. The van der Waals surface area contributed by atoms with Gasteiger partial charge in [-0.2, -0.15) is 0 Å². The summed E-state index contributed by atoms with van der Waals surface area (Å²) in [5.41, 5.74) is 1.25. The van der Waals surface area contributed by atoms with E-state index in [-0.39, 0.29) is 0 Å². The lowest BCUT2D eigenvalue weighted by Gasteiger charge is -1.92. The van der Waals surface area contributed by atoms with Gasteiger partial charge in [-0.1, -0.05) is 26.5 Å². The van der Waals surface area contributed by atoms with E-state index in [1.54, 1.807) is 0 Å². The lowest BCUT2D eigenvalue weighted by Crippen LogP contribution is -1.74. The first-order chi connectivity index (χ1) is 4.84. The van der Waals surface area contributed by atoms with Gasteiger partial charge in [0.2, 0.25) is 0 Å². The Labute approximate surface area is 63.4 Å². The van der Waals surface area contributed by atoms with E-state index in [0.29, 0.717) is 0 Å². The Bertz CT molecular complexity index is 134. The molecule has 0 aromatic rings. The molecule has 0 spiro atoms. The Kier molecular flexibility index (Phi) is 4.73. The molecule has 1 aliphatic rings. The lowest BCUT2D eigenvalue weighted by molar-refractivity contribution is 0.267. The molecule has 0 unspecified atom stereocenters. The number of hydrogen-bond donors (Lipinski definition) is 0. The summed E-state index contributed by atoms with van der Waals surface area (Å²) < 4.78 is 5.09. The number of allylic oxidation sites excluding steroid dienone is 2. The van der Waals surface area contributed by atoms with Crippen molar-refractivity contribution in [3.63, 3.8) is 0 Å². The van der Waals surface area contributed by atoms with Crippen molar-refractivity contribution < 1.29 is 4.74 Å². The highest BCUT2D eigenvalue weighted by atomic mass is 16.5. The average molecular weight is 140 g/mol. The fraction of sp³-hybridized carbons (Fsp3) is 0.556. The smallest absolute Gasteiger partial charge is 0.115 e. The molecule has 0 aliphatic carbocycles. The first kappa shape index (κ1) is 9.28. The zero-order chi connectivity index (χ0) is 7.98. The van der Waals surface area contributed by atoms with E-state index < -0.39 is 0 Å². The van der Waals surface area contributed by atoms with Crippen LogP contribution in [0.25, 0.3) is 0 Å². The SMILES string of the molecule is C=C1OCC/C1=C\C.CC. The van der Waals surface area contributed by atoms with Crippen molar-refractivity contribution >= 4 is 0 Å². The van der Waals surface area contributed by atoms with Gasteiger partial charge in [0.05, 0.1) is 6.61 Å². The van der Waals surface area contributed by atoms with Gasteiger partial charge in [0.25, 0.3) is 0 Å². The van der Waals surface area contributed by atoms with Crippen molar-refractivity contribution in [3.8, 4) is 0 Å². The normalized spacial score (nSPS) is 19.9. The molecule has 0 aromatic heterocycles. The van der Waals surface area contributed by atoms with E-state index in [9.17, 15) is 0 Å². The molecule has 0 saturated carbocycles. The molecule has 1 rings (SSSR count). The summed E-state index contributed by atoms with van der Waals surface area (Å²) in [6, 6.07) is 0. The summed E-state index contributed by atoms with van der Waals surface area (Å²) in [4.78, 5) is 0. The molecule has 58 valence electrons. The zero-order valence-electron chi connectivity index (χ0n) is 7.11. The van der Waals surface area contributed by atoms with Crippen LogP contribution in [0.5, 0.6) is 0 Å². The Hall–Kier alpha value is -0.720. The average Bonchev–Trinajstić information content (AvgIpc) is 2.39. The van der Waals surface area contributed by atoms with Crippen LogP contribution in [0.2, 0.25) is 0 Å². The zero-order valence-corrected chi connectivity index (χ0v) is 7.11. The van der Waals surface area contributed by atoms with E-state index in [1.165, 1.54) is 5.57 Å². The van der Waals surface area contributed by atoms with Gasteiger partial charge in [-0.15, -0.1) is 0 Å². The second kappa shape index (κ2) is 5.10. The van der Waals surface area contributed by atoms with Crippen LogP contribution in [0.15, 0.2) is 24.0 Å². The van der Waals surface area contributed by atoms with Gasteiger partial charge in [0, 0.05) is 6.42 Å². The molecular weight excluding hydrogens is 124 g/mol. The fourth-order valence-electron chi connectivity index (χ4n) is 0.822. The molecule has 0 bridgehead atoms. The summed E-state index contributed by atoms with van der Waals surface area (Å²) >= 11 is 0. The van der Waals surface area contributed by atoms with Gasteiger partial charge in [-0.05, 0) is 12.5 Å². The minimum absolute atomic E-state index is 0.818. The predicted octanol–water partition coefficient (Wildman–Crippen LogP) is 2.89. The van der Waals surface area contributed by atoms with Crippen LogP contribution in [0.3, 0.4) is 0 Å². The van der Waals surface area contributed by atoms with E-state index in [0.717, 1.165) is 18.8 Å². The third kappa shape index (κ3) is 2.26. The second-order valence-corrected chi connectivity index (χ2v) is 1.84. The maximum absolute atomic E-state index is 5.09. The lowest BCUT2D eigenvalue weighted by atomic mass is 10.2. The quantitative estimate of drug-likeness (QED) is 0.502. The molecule has 0 atom stereocenters. The van der Waals surface area contributed by atoms with Crippen LogP contribution in [0.1, 0.15) is 27.2 Å². The molecule has 1 heterocycles. The topological polar surface area (TPSA) is 9.23 Å². The van der Waals surface area contributed by atoms with Crippen molar-refractivity contribution in [1.82, 2.24) is 0 Å². The van der Waals surface area contributed by atoms with Gasteiger partial charge in [-0.25, -0.2) is 0 Å². The van der Waals surface area contributed by atoms with Gasteiger partial charge in [0.1, 0.15) is 5.76 Å². The molecule has 1 heteroatoms. The number of ether oxygens (including phenoxy) is 1. The van der Waals surface area contributed by atoms with Gasteiger partial charge >= 0.3 is 0 Å². The monoisotopic (exact) mass is 140 g/mol. The molecule has 0 radical (unpaired) electrons. The summed E-state index contributed by atoms with van der Waals surface area (Å²) in [7, 11) is 0. The van der Waals surface area contributed by atoms with Crippen molar-refractivity contribution in [2.45, 2.75) is 27.2 Å². The molecule has 0 amide bonds. The molecule has 1 saturated heterocycles. The maximum atomic E-state index is 5.09. The minimum atomic E-state index is 0.818. The van der Waals surface area contributed by atoms with Crippen LogP contribution in [0.4, 0.5) is 0 Å². The van der Waals surface area contributed by atoms with E-state index in [2.05, 4.69) is 12.7 Å². The molecule has 0 N–H and O–H groups in total. The Morgan fingerprint density at radius 1 is 1.50 bits per heavy atom. The highest BCUT2D eigenvalue weighted by Crippen LogP contribution is 2.20. The van der Waals surface area contributed by atoms with Crippen LogP contribution < -0.4 is 0 Å². The van der Waals surface area contributed by atoms with E-state index in [4.69, 9.17) is 4.74 Å². The van der Waals surface area contributed by atoms with Crippen molar-refractivity contribution in [2.75, 3.05) is 6.61 Å². The third-order valence-corrected chi connectivity index (χ3v) is 1.35. The highest BCUT2D eigenvalue weighted by molar-refractivity contribution is 5.25. The minimum Gasteiger partial charge on any atom is -0.494 e. The van der Waals surface area contributed by atoms with Crippen LogP contribution in [0, 0.1) is 0 Å². The van der Waals surface area contributed by atoms with Gasteiger partial charge in [-0.3, -0.25) is 0 Å². The van der Waals surface area contributed by atoms with E-state index in [1.807, 2.05) is 20.8 Å². The Morgan fingerprint density at radius 2 is 2.10 bits per heavy atom. The second-order valence-electron chi connectivity index (χ2n) is 1.84. The van der Waals surface area contributed by atoms with Crippen molar-refractivity contribution in [2.24, 2.45) is 0 Å². The first-order valence-electron chi connectivity index (χ1n) is 3.82. The highest BCUT2D eigenvalue weighted by Gasteiger charge is 2.09. The van der Waals surface area contributed by atoms with Crippen LogP contribution in [-0.2, 0) is 4.74 Å². The van der Waals surface area contributed by atoms with Crippen LogP contribution >= 0.6 is 0 Å². The molecule has 10 heavy (non-hydrogen) atoms. The molecule has 1 fully saturated rings. The van der Waals surface area contributed by atoms with E-state index >= 15 is 0 Å². The molecular formula is C9H16O.